The number of para-hydroxylation sites is 1. The minimum absolute atomic E-state index is 0.158. The van der Waals surface area contributed by atoms with E-state index in [1.54, 1.807) is 48.5 Å². The highest BCUT2D eigenvalue weighted by Crippen LogP contribution is 2.26. The second kappa shape index (κ2) is 10.9. The fourth-order valence-electron chi connectivity index (χ4n) is 3.90. The molecule has 36 heavy (non-hydrogen) atoms. The van der Waals surface area contributed by atoms with E-state index in [-0.39, 0.29) is 12.2 Å². The number of rotatable bonds is 8. The third kappa shape index (κ3) is 5.63. The number of urea groups is 1. The molecule has 0 aliphatic carbocycles. The summed E-state index contributed by atoms with van der Waals surface area (Å²) in [6.07, 6.45) is 2.37. The van der Waals surface area contributed by atoms with Gasteiger partial charge in [0.15, 0.2) is 0 Å². The highest BCUT2D eigenvalue weighted by Gasteiger charge is 2.36. The Morgan fingerprint density at radius 3 is 2.33 bits per heavy atom. The topological polar surface area (TPSA) is 84.9 Å². The van der Waals surface area contributed by atoms with Crippen molar-refractivity contribution >= 4 is 29.6 Å². The highest BCUT2D eigenvalue weighted by molar-refractivity contribution is 6.39. The lowest BCUT2D eigenvalue weighted by atomic mass is 10.1. The van der Waals surface area contributed by atoms with Gasteiger partial charge in [0.1, 0.15) is 30.3 Å². The Morgan fingerprint density at radius 2 is 1.58 bits per heavy atom. The number of hydrogen-bond donors (Lipinski definition) is 1. The van der Waals surface area contributed by atoms with Crippen LogP contribution in [0.5, 0.6) is 11.5 Å². The monoisotopic (exact) mass is 484 g/mol. The van der Waals surface area contributed by atoms with Gasteiger partial charge in [0.2, 0.25) is 0 Å². The van der Waals surface area contributed by atoms with Crippen molar-refractivity contribution in [3.05, 3.63) is 94.6 Å². The number of nitrogens with one attached hydrogen (secondary N) is 1. The largest absolute Gasteiger partial charge is 0.490 e. The molecule has 4 amide bonds. The van der Waals surface area contributed by atoms with Crippen molar-refractivity contribution in [3.63, 3.8) is 0 Å². The van der Waals surface area contributed by atoms with Crippen molar-refractivity contribution in [1.82, 2.24) is 5.32 Å². The molecule has 0 spiro atoms. The summed E-state index contributed by atoms with van der Waals surface area (Å²) in [7, 11) is 0. The van der Waals surface area contributed by atoms with E-state index in [0.717, 1.165) is 28.2 Å². The Balaban J connectivity index is 1.49. The number of anilines is 1. The molecule has 7 nitrogen and oxygen atoms in total. The fraction of sp³-hybridized carbons (Fsp3) is 0.207. The maximum Gasteiger partial charge on any atom is 0.335 e. The summed E-state index contributed by atoms with van der Waals surface area (Å²) in [5.41, 5.74) is 4.09. The second-order valence-electron chi connectivity index (χ2n) is 8.54. The van der Waals surface area contributed by atoms with Gasteiger partial charge in [-0.05, 0) is 67.8 Å². The quantitative estimate of drug-likeness (QED) is 0.277. The number of barbiturate groups is 1. The van der Waals surface area contributed by atoms with E-state index in [1.165, 1.54) is 11.6 Å². The predicted molar refractivity (Wildman–Crippen MR) is 138 cm³/mol. The lowest BCUT2D eigenvalue weighted by Crippen LogP contribution is -2.54. The molecule has 0 radical (unpaired) electrons. The van der Waals surface area contributed by atoms with Crippen molar-refractivity contribution in [3.8, 4) is 11.5 Å². The standard InChI is InChI=1S/C29H28N2O5/c1-4-21-15-20(3)16-24(17-21)35-13-14-36-26-8-6-5-7-22(26)18-25-27(32)30-29(34)31(28(25)33)23-11-9-19(2)10-12-23/h5-12,15-18H,4,13-14H2,1-3H3,(H,30,32,34). The molecule has 1 aliphatic heterocycles. The zero-order valence-electron chi connectivity index (χ0n) is 20.5. The maximum absolute atomic E-state index is 13.2. The summed E-state index contributed by atoms with van der Waals surface area (Å²) in [5.74, 6) is -0.169. The van der Waals surface area contributed by atoms with Gasteiger partial charge in [-0.25, -0.2) is 9.69 Å². The van der Waals surface area contributed by atoms with E-state index in [4.69, 9.17) is 9.47 Å². The van der Waals surface area contributed by atoms with Crippen LogP contribution >= 0.6 is 0 Å². The molecule has 0 aromatic heterocycles. The molecule has 7 heteroatoms. The molecule has 1 heterocycles. The van der Waals surface area contributed by atoms with E-state index in [9.17, 15) is 14.4 Å². The molecule has 184 valence electrons. The number of hydrogen-bond acceptors (Lipinski definition) is 5. The van der Waals surface area contributed by atoms with Crippen molar-refractivity contribution < 1.29 is 23.9 Å². The van der Waals surface area contributed by atoms with Crippen LogP contribution in [-0.2, 0) is 16.0 Å². The first-order chi connectivity index (χ1) is 17.4. The molecule has 0 atom stereocenters. The number of nitrogens with zero attached hydrogens (tertiary/aromatic N) is 1. The summed E-state index contributed by atoms with van der Waals surface area (Å²) >= 11 is 0. The van der Waals surface area contributed by atoms with Crippen molar-refractivity contribution in [2.24, 2.45) is 0 Å². The number of benzene rings is 3. The second-order valence-corrected chi connectivity index (χ2v) is 8.54. The van der Waals surface area contributed by atoms with Crippen LogP contribution in [0.25, 0.3) is 6.08 Å². The van der Waals surface area contributed by atoms with Crippen molar-refractivity contribution in [1.29, 1.82) is 0 Å². The average Bonchev–Trinajstić information content (AvgIpc) is 2.86. The molecule has 1 fully saturated rings. The third-order valence-electron chi connectivity index (χ3n) is 5.74. The van der Waals surface area contributed by atoms with E-state index in [2.05, 4.69) is 18.3 Å². The highest BCUT2D eigenvalue weighted by atomic mass is 16.5. The number of amides is 4. The molecule has 1 N–H and O–H groups in total. The van der Waals surface area contributed by atoms with Gasteiger partial charge in [-0.15, -0.1) is 0 Å². The molecule has 1 saturated heterocycles. The lowest BCUT2D eigenvalue weighted by molar-refractivity contribution is -0.122. The molecular formula is C29H28N2O5. The van der Waals surface area contributed by atoms with Gasteiger partial charge in [0, 0.05) is 5.56 Å². The van der Waals surface area contributed by atoms with Crippen molar-refractivity contribution in [2.75, 3.05) is 18.1 Å². The van der Waals surface area contributed by atoms with E-state index in [1.807, 2.05) is 26.0 Å². The first kappa shape index (κ1) is 24.7. The summed E-state index contributed by atoms with van der Waals surface area (Å²) in [5, 5.41) is 2.25. The minimum Gasteiger partial charge on any atom is -0.490 e. The molecule has 1 aliphatic rings. The molecular weight excluding hydrogens is 456 g/mol. The van der Waals surface area contributed by atoms with E-state index < -0.39 is 17.8 Å². The predicted octanol–water partition coefficient (Wildman–Crippen LogP) is 4.99. The number of aryl methyl sites for hydroxylation is 3. The van der Waals surface area contributed by atoms with Crippen LogP contribution in [0.3, 0.4) is 0 Å². The number of carbonyl (C=O) groups is 3. The Hall–Kier alpha value is -4.39. The van der Waals surface area contributed by atoms with Gasteiger partial charge >= 0.3 is 6.03 Å². The maximum atomic E-state index is 13.2. The Morgan fingerprint density at radius 1 is 0.861 bits per heavy atom. The zero-order chi connectivity index (χ0) is 25.7. The summed E-state index contributed by atoms with van der Waals surface area (Å²) in [6.45, 7) is 6.63. The van der Waals surface area contributed by atoms with E-state index >= 15 is 0 Å². The molecule has 3 aromatic rings. The third-order valence-corrected chi connectivity index (χ3v) is 5.74. The number of ether oxygens (including phenoxy) is 2. The molecule has 3 aromatic carbocycles. The molecule has 0 unspecified atom stereocenters. The Labute approximate surface area is 210 Å². The lowest BCUT2D eigenvalue weighted by Gasteiger charge is -2.26. The van der Waals surface area contributed by atoms with Gasteiger partial charge in [-0.3, -0.25) is 14.9 Å². The normalized spacial score (nSPS) is 14.7. The van der Waals surface area contributed by atoms with Crippen LogP contribution < -0.4 is 19.7 Å². The zero-order valence-corrected chi connectivity index (χ0v) is 20.5. The minimum atomic E-state index is -0.782. The first-order valence-electron chi connectivity index (χ1n) is 11.8. The van der Waals surface area contributed by atoms with Crippen LogP contribution in [0.1, 0.15) is 29.2 Å². The van der Waals surface area contributed by atoms with Crippen LogP contribution in [-0.4, -0.2) is 31.1 Å². The van der Waals surface area contributed by atoms with Gasteiger partial charge < -0.3 is 9.47 Å². The fourth-order valence-corrected chi connectivity index (χ4v) is 3.90. The Bertz CT molecular complexity index is 1330. The molecule has 0 bridgehead atoms. The summed E-state index contributed by atoms with van der Waals surface area (Å²) < 4.78 is 11.8. The average molecular weight is 485 g/mol. The van der Waals surface area contributed by atoms with Crippen LogP contribution in [0.2, 0.25) is 0 Å². The van der Waals surface area contributed by atoms with Gasteiger partial charge in [0.25, 0.3) is 11.8 Å². The Kier molecular flexibility index (Phi) is 7.49. The van der Waals surface area contributed by atoms with Crippen molar-refractivity contribution in [2.45, 2.75) is 27.2 Å². The van der Waals surface area contributed by atoms with Gasteiger partial charge in [0.05, 0.1) is 5.69 Å². The number of imide groups is 2. The van der Waals surface area contributed by atoms with Crippen LogP contribution in [0, 0.1) is 13.8 Å². The molecule has 0 saturated carbocycles. The van der Waals surface area contributed by atoms with Gasteiger partial charge in [-0.1, -0.05) is 48.9 Å². The summed E-state index contributed by atoms with van der Waals surface area (Å²) in [6, 6.07) is 19.3. The SMILES string of the molecule is CCc1cc(C)cc(OCCOc2ccccc2C=C2C(=O)NC(=O)N(c3ccc(C)cc3)C2=O)c1. The number of carbonyl (C=O) groups excluding carboxylic acids is 3. The summed E-state index contributed by atoms with van der Waals surface area (Å²) in [4.78, 5) is 39.1. The van der Waals surface area contributed by atoms with Gasteiger partial charge in [-0.2, -0.15) is 0 Å². The van der Waals surface area contributed by atoms with Crippen LogP contribution in [0.4, 0.5) is 10.5 Å². The van der Waals surface area contributed by atoms with Crippen LogP contribution in [0.15, 0.2) is 72.3 Å². The molecule has 4 rings (SSSR count). The van der Waals surface area contributed by atoms with E-state index in [0.29, 0.717) is 23.6 Å². The first-order valence-corrected chi connectivity index (χ1v) is 11.8. The smallest absolute Gasteiger partial charge is 0.335 e.